The maximum atomic E-state index is 10.3. The summed E-state index contributed by atoms with van der Waals surface area (Å²) in [5.41, 5.74) is 0.221. The molecule has 0 saturated carbocycles. The van der Waals surface area contributed by atoms with E-state index in [0.29, 0.717) is 0 Å². The van der Waals surface area contributed by atoms with Gasteiger partial charge in [0.25, 0.3) is 0 Å². The van der Waals surface area contributed by atoms with Gasteiger partial charge in [0.1, 0.15) is 0 Å². The predicted octanol–water partition coefficient (Wildman–Crippen LogP) is 2.17. The molecule has 0 heterocycles. The third-order valence-electron chi connectivity index (χ3n) is 3.45. The quantitative estimate of drug-likeness (QED) is 0.796. The van der Waals surface area contributed by atoms with Gasteiger partial charge in [0.15, 0.2) is 0 Å². The summed E-state index contributed by atoms with van der Waals surface area (Å²) in [4.78, 5) is 0. The van der Waals surface area contributed by atoms with Crippen molar-refractivity contribution in [3.05, 3.63) is 35.9 Å². The largest absolute Gasteiger partial charge is 0.396 e. The predicted molar refractivity (Wildman–Crippen MR) is 61.7 cm³/mol. The van der Waals surface area contributed by atoms with Crippen LogP contribution in [0.15, 0.2) is 30.3 Å². The van der Waals surface area contributed by atoms with E-state index >= 15 is 0 Å². The van der Waals surface area contributed by atoms with Crippen molar-refractivity contribution in [3.8, 4) is 0 Å². The van der Waals surface area contributed by atoms with Crippen LogP contribution < -0.4 is 0 Å². The van der Waals surface area contributed by atoms with Crippen LogP contribution in [0, 0.1) is 5.92 Å². The van der Waals surface area contributed by atoms with Crippen LogP contribution in [0.4, 0.5) is 0 Å². The second kappa shape index (κ2) is 4.77. The van der Waals surface area contributed by atoms with Crippen LogP contribution in [0.2, 0.25) is 0 Å². The maximum absolute atomic E-state index is 10.3. The lowest BCUT2D eigenvalue weighted by Gasteiger charge is -2.35. The number of hydrogen-bond donors (Lipinski definition) is 2. The maximum Gasteiger partial charge on any atom is 0.0732 e. The number of aliphatic hydroxyl groups is 2. The summed E-state index contributed by atoms with van der Waals surface area (Å²) in [5.74, 6) is -0.117. The van der Waals surface area contributed by atoms with Gasteiger partial charge in [-0.2, -0.15) is 0 Å². The molecule has 2 nitrogen and oxygen atoms in total. The van der Waals surface area contributed by atoms with Crippen LogP contribution in [-0.2, 0) is 0 Å². The normalized spacial score (nSPS) is 19.3. The number of hydrogen-bond acceptors (Lipinski definition) is 2. The van der Waals surface area contributed by atoms with Gasteiger partial charge in [0.2, 0.25) is 0 Å². The van der Waals surface area contributed by atoms with Gasteiger partial charge in [-0.15, -0.1) is 0 Å². The van der Waals surface area contributed by atoms with Gasteiger partial charge in [-0.25, -0.2) is 0 Å². The molecular formula is C13H20O2. The molecule has 3 unspecified atom stereocenters. The summed E-state index contributed by atoms with van der Waals surface area (Å²) < 4.78 is 0. The minimum absolute atomic E-state index is 0.00414. The first-order valence-electron chi connectivity index (χ1n) is 5.38. The van der Waals surface area contributed by atoms with Gasteiger partial charge in [-0.05, 0) is 12.5 Å². The summed E-state index contributed by atoms with van der Waals surface area (Å²) in [5, 5.41) is 19.5. The van der Waals surface area contributed by atoms with E-state index in [2.05, 4.69) is 0 Å². The summed E-state index contributed by atoms with van der Waals surface area (Å²) in [7, 11) is 0. The van der Waals surface area contributed by atoms with Crippen molar-refractivity contribution in [1.82, 2.24) is 0 Å². The van der Waals surface area contributed by atoms with E-state index in [4.69, 9.17) is 5.11 Å². The van der Waals surface area contributed by atoms with Crippen LogP contribution in [0.3, 0.4) is 0 Å². The second-order valence-corrected chi connectivity index (χ2v) is 4.44. The second-order valence-electron chi connectivity index (χ2n) is 4.44. The monoisotopic (exact) mass is 208 g/mol. The van der Waals surface area contributed by atoms with Crippen LogP contribution >= 0.6 is 0 Å². The fourth-order valence-corrected chi connectivity index (χ4v) is 1.69. The van der Waals surface area contributed by atoms with Crippen molar-refractivity contribution >= 4 is 0 Å². The molecule has 0 aliphatic carbocycles. The highest BCUT2D eigenvalue weighted by Crippen LogP contribution is 2.33. The van der Waals surface area contributed by atoms with Crippen molar-refractivity contribution in [2.45, 2.75) is 32.3 Å². The van der Waals surface area contributed by atoms with Gasteiger partial charge >= 0.3 is 0 Å². The molecule has 0 fully saturated rings. The number of benzene rings is 1. The highest BCUT2D eigenvalue weighted by molar-refractivity contribution is 5.22. The molecule has 1 rings (SSSR count). The Morgan fingerprint density at radius 3 is 2.20 bits per heavy atom. The highest BCUT2D eigenvalue weighted by Gasteiger charge is 2.34. The van der Waals surface area contributed by atoms with Crippen LogP contribution in [0.1, 0.15) is 32.3 Å². The molecule has 1 aromatic rings. The first-order valence-corrected chi connectivity index (χ1v) is 5.38. The average molecular weight is 208 g/mol. The number of rotatable bonds is 4. The highest BCUT2D eigenvalue weighted by atomic mass is 16.3. The Hall–Kier alpha value is -0.860. The van der Waals surface area contributed by atoms with Gasteiger partial charge in [0, 0.05) is 18.4 Å². The smallest absolute Gasteiger partial charge is 0.0732 e. The Morgan fingerprint density at radius 2 is 1.73 bits per heavy atom. The number of aliphatic hydroxyl groups excluding tert-OH is 1. The Labute approximate surface area is 91.6 Å². The molecule has 2 N–H and O–H groups in total. The molecule has 0 aromatic heterocycles. The van der Waals surface area contributed by atoms with E-state index in [1.54, 1.807) is 6.92 Å². The van der Waals surface area contributed by atoms with E-state index < -0.39 is 5.60 Å². The van der Waals surface area contributed by atoms with E-state index in [0.717, 1.165) is 5.56 Å². The molecule has 3 atom stereocenters. The van der Waals surface area contributed by atoms with Crippen molar-refractivity contribution in [2.24, 2.45) is 5.92 Å². The first-order chi connectivity index (χ1) is 7.00. The first kappa shape index (κ1) is 12.2. The molecule has 0 aliphatic heterocycles. The molecule has 0 aliphatic rings. The summed E-state index contributed by atoms with van der Waals surface area (Å²) in [6.07, 6.45) is 0. The zero-order valence-electron chi connectivity index (χ0n) is 9.64. The average Bonchev–Trinajstić information content (AvgIpc) is 2.28. The Balaban J connectivity index is 2.89. The minimum atomic E-state index is -0.879. The van der Waals surface area contributed by atoms with Crippen molar-refractivity contribution in [1.29, 1.82) is 0 Å². The molecule has 0 saturated heterocycles. The molecule has 1 aromatic carbocycles. The zero-order chi connectivity index (χ0) is 11.5. The molecule has 0 radical (unpaired) electrons. The zero-order valence-corrected chi connectivity index (χ0v) is 9.64. The van der Waals surface area contributed by atoms with Crippen LogP contribution in [0.5, 0.6) is 0 Å². The van der Waals surface area contributed by atoms with Crippen LogP contribution in [-0.4, -0.2) is 22.4 Å². The molecule has 0 bridgehead atoms. The van der Waals surface area contributed by atoms with Crippen molar-refractivity contribution in [2.75, 3.05) is 6.61 Å². The van der Waals surface area contributed by atoms with E-state index in [1.165, 1.54) is 0 Å². The third-order valence-corrected chi connectivity index (χ3v) is 3.45. The minimum Gasteiger partial charge on any atom is -0.396 e. The molecular weight excluding hydrogens is 188 g/mol. The lowest BCUT2D eigenvalue weighted by atomic mass is 9.77. The topological polar surface area (TPSA) is 40.5 Å². The Bertz CT molecular complexity index is 293. The lowest BCUT2D eigenvalue weighted by Crippen LogP contribution is -2.40. The van der Waals surface area contributed by atoms with Gasteiger partial charge in [0.05, 0.1) is 5.60 Å². The van der Waals surface area contributed by atoms with Gasteiger partial charge < -0.3 is 10.2 Å². The van der Waals surface area contributed by atoms with E-state index in [-0.39, 0.29) is 18.4 Å². The van der Waals surface area contributed by atoms with Gasteiger partial charge in [-0.1, -0.05) is 44.2 Å². The van der Waals surface area contributed by atoms with Crippen molar-refractivity contribution in [3.63, 3.8) is 0 Å². The molecule has 0 amide bonds. The molecule has 2 heteroatoms. The standard InChI is InChI=1S/C13H20O2/c1-10(9-14)13(3,15)11(2)12-7-5-4-6-8-12/h4-8,10-11,14-15H,9H2,1-3H3. The van der Waals surface area contributed by atoms with Gasteiger partial charge in [-0.3, -0.25) is 0 Å². The molecule has 84 valence electrons. The Morgan fingerprint density at radius 1 is 1.20 bits per heavy atom. The Kier molecular flexibility index (Phi) is 3.89. The van der Waals surface area contributed by atoms with Crippen molar-refractivity contribution < 1.29 is 10.2 Å². The summed E-state index contributed by atoms with van der Waals surface area (Å²) in [6, 6.07) is 9.89. The fourth-order valence-electron chi connectivity index (χ4n) is 1.69. The summed E-state index contributed by atoms with van der Waals surface area (Å²) >= 11 is 0. The summed E-state index contributed by atoms with van der Waals surface area (Å²) in [6.45, 7) is 5.64. The van der Waals surface area contributed by atoms with Crippen LogP contribution in [0.25, 0.3) is 0 Å². The SMILES string of the molecule is CC(CO)C(C)(O)C(C)c1ccccc1. The molecule has 15 heavy (non-hydrogen) atoms. The fraction of sp³-hybridized carbons (Fsp3) is 0.538. The van der Waals surface area contributed by atoms with E-state index in [9.17, 15) is 5.11 Å². The molecule has 0 spiro atoms. The third kappa shape index (κ3) is 2.58. The van der Waals surface area contributed by atoms with E-state index in [1.807, 2.05) is 44.2 Å². The lowest BCUT2D eigenvalue weighted by molar-refractivity contribution is -0.0347.